The summed E-state index contributed by atoms with van der Waals surface area (Å²) in [4.78, 5) is 14.2. The average molecular weight is 442 g/mol. The molecular formula is C29H29O2S+. The van der Waals surface area contributed by atoms with Gasteiger partial charge in [0.25, 0.3) is 0 Å². The van der Waals surface area contributed by atoms with E-state index in [0.717, 1.165) is 6.42 Å². The van der Waals surface area contributed by atoms with Crippen LogP contribution in [0.2, 0.25) is 0 Å². The third kappa shape index (κ3) is 3.45. The monoisotopic (exact) mass is 441 g/mol. The van der Waals surface area contributed by atoms with Crippen LogP contribution in [0.1, 0.15) is 44.5 Å². The maximum Gasteiger partial charge on any atom is 0.338 e. The molecule has 1 unspecified atom stereocenters. The lowest BCUT2D eigenvalue weighted by Gasteiger charge is -2.39. The van der Waals surface area contributed by atoms with Crippen molar-refractivity contribution in [1.29, 1.82) is 0 Å². The third-order valence-electron chi connectivity index (χ3n) is 6.75. The smallest absolute Gasteiger partial charge is 0.338 e. The van der Waals surface area contributed by atoms with Crippen LogP contribution in [0, 0.1) is 11.3 Å². The van der Waals surface area contributed by atoms with Crippen LogP contribution in [0.3, 0.4) is 0 Å². The minimum atomic E-state index is -0.558. The fraction of sp³-hybridized carbons (Fsp3) is 0.276. The number of thiophene rings is 1. The van der Waals surface area contributed by atoms with Gasteiger partial charge in [0, 0.05) is 27.2 Å². The largest absolute Gasteiger partial charge is 0.455 e. The van der Waals surface area contributed by atoms with Crippen molar-refractivity contribution in [3.63, 3.8) is 0 Å². The molecule has 3 aromatic carbocycles. The first-order valence-corrected chi connectivity index (χ1v) is 12.4. The van der Waals surface area contributed by atoms with Crippen molar-refractivity contribution in [2.24, 2.45) is 11.3 Å². The molecular weight excluding hydrogens is 412 g/mol. The zero-order chi connectivity index (χ0) is 22.5. The van der Waals surface area contributed by atoms with Gasteiger partial charge in [0.05, 0.1) is 5.56 Å². The van der Waals surface area contributed by atoms with E-state index in [-0.39, 0.29) is 27.8 Å². The van der Waals surface area contributed by atoms with E-state index in [9.17, 15) is 4.79 Å². The highest BCUT2D eigenvalue weighted by Crippen LogP contribution is 2.48. The minimum absolute atomic E-state index is 0.0953. The fourth-order valence-corrected chi connectivity index (χ4v) is 7.64. The number of fused-ring (bicyclic) bond motifs is 3. The number of allylic oxidation sites excluding steroid dienone is 1. The van der Waals surface area contributed by atoms with E-state index in [1.54, 1.807) is 0 Å². The Kier molecular flexibility index (Phi) is 4.98. The molecule has 0 radical (unpaired) electrons. The van der Waals surface area contributed by atoms with Gasteiger partial charge in [0.1, 0.15) is 5.60 Å². The summed E-state index contributed by atoms with van der Waals surface area (Å²) in [6.45, 7) is 8.52. The lowest BCUT2D eigenvalue weighted by Crippen LogP contribution is -2.41. The quantitative estimate of drug-likeness (QED) is 0.181. The Bertz CT molecular complexity index is 1290. The Morgan fingerprint density at radius 3 is 2.00 bits per heavy atom. The second-order valence-electron chi connectivity index (χ2n) is 9.91. The van der Waals surface area contributed by atoms with Crippen LogP contribution in [0.4, 0.5) is 0 Å². The van der Waals surface area contributed by atoms with Gasteiger partial charge in [-0.2, -0.15) is 0 Å². The predicted octanol–water partition coefficient (Wildman–Crippen LogP) is 8.27. The Labute approximate surface area is 192 Å². The van der Waals surface area contributed by atoms with Crippen LogP contribution in [-0.4, -0.2) is 11.6 Å². The fourth-order valence-electron chi connectivity index (χ4n) is 5.26. The number of benzene rings is 3. The topological polar surface area (TPSA) is 26.3 Å². The van der Waals surface area contributed by atoms with Crippen molar-refractivity contribution in [1.82, 2.24) is 0 Å². The predicted molar refractivity (Wildman–Crippen MR) is 136 cm³/mol. The van der Waals surface area contributed by atoms with E-state index in [1.165, 1.54) is 25.1 Å². The highest BCUT2D eigenvalue weighted by molar-refractivity contribution is 7.50. The molecule has 0 fully saturated rings. The van der Waals surface area contributed by atoms with Crippen LogP contribution in [-0.2, 0) is 4.74 Å². The van der Waals surface area contributed by atoms with E-state index in [0.29, 0.717) is 5.56 Å². The standard InChI is InChI=1S/C29H29O2S/c1-28(2)19-9-14-26(28)29(3,4)31-27(30)20-15-17-21(18-16-20)32-24-12-7-5-10-22(24)23-11-6-8-13-25(23)32/h5-18,26H,19H2,1-4H3/q+1. The molecule has 1 heterocycles. The van der Waals surface area contributed by atoms with Crippen molar-refractivity contribution in [3.05, 3.63) is 90.5 Å². The van der Waals surface area contributed by atoms with Crippen LogP contribution < -0.4 is 0 Å². The zero-order valence-corrected chi connectivity index (χ0v) is 19.9. The number of carbonyl (C=O) groups excluding carboxylic acids is 1. The Morgan fingerprint density at radius 1 is 0.906 bits per heavy atom. The number of carbonyl (C=O) groups is 1. The van der Waals surface area contributed by atoms with E-state index < -0.39 is 5.60 Å². The molecule has 0 spiro atoms. The van der Waals surface area contributed by atoms with Crippen molar-refractivity contribution < 1.29 is 9.53 Å². The van der Waals surface area contributed by atoms with Gasteiger partial charge in [-0.3, -0.25) is 0 Å². The van der Waals surface area contributed by atoms with Gasteiger partial charge in [-0.25, -0.2) is 4.79 Å². The molecule has 1 aliphatic rings. The Morgan fingerprint density at radius 2 is 1.47 bits per heavy atom. The van der Waals surface area contributed by atoms with E-state index in [4.69, 9.17) is 4.74 Å². The van der Waals surface area contributed by atoms with Crippen molar-refractivity contribution in [3.8, 4) is 4.90 Å². The molecule has 5 rings (SSSR count). The average Bonchev–Trinajstić information content (AvgIpc) is 3.31. The molecule has 1 aromatic heterocycles. The summed E-state index contributed by atoms with van der Waals surface area (Å²) < 4.78 is 8.73. The molecule has 3 heteroatoms. The second kappa shape index (κ2) is 7.60. The summed E-state index contributed by atoms with van der Waals surface area (Å²) in [7, 11) is -0.155. The van der Waals surface area contributed by atoms with E-state index in [2.05, 4.69) is 86.7 Å². The van der Waals surface area contributed by atoms with Crippen LogP contribution in [0.25, 0.3) is 25.1 Å². The van der Waals surface area contributed by atoms with Gasteiger partial charge in [0.15, 0.2) is 14.3 Å². The SMILES string of the molecule is CC1(C)CC=CC1C(C)(C)OC(=O)c1ccc(-[s+]2c3ccccc3c3ccccc32)cc1. The molecule has 1 aliphatic carbocycles. The highest BCUT2D eigenvalue weighted by atomic mass is 32.2. The maximum atomic E-state index is 13.0. The molecule has 32 heavy (non-hydrogen) atoms. The summed E-state index contributed by atoms with van der Waals surface area (Å²) in [6.07, 6.45) is 5.42. The summed E-state index contributed by atoms with van der Waals surface area (Å²) in [5.41, 5.74) is 0.140. The number of esters is 1. The molecule has 0 aliphatic heterocycles. The van der Waals surface area contributed by atoms with Crippen LogP contribution >= 0.6 is 10.5 Å². The van der Waals surface area contributed by atoms with Gasteiger partial charge in [-0.05, 0) is 74.2 Å². The van der Waals surface area contributed by atoms with Crippen molar-refractivity contribution in [2.75, 3.05) is 0 Å². The molecule has 0 bridgehead atoms. The van der Waals surface area contributed by atoms with Gasteiger partial charge in [-0.1, -0.05) is 50.3 Å². The molecule has 0 saturated carbocycles. The van der Waals surface area contributed by atoms with Crippen LogP contribution in [0.5, 0.6) is 0 Å². The van der Waals surface area contributed by atoms with E-state index >= 15 is 0 Å². The second-order valence-corrected chi connectivity index (χ2v) is 11.9. The highest BCUT2D eigenvalue weighted by Gasteiger charge is 2.43. The molecule has 2 nitrogen and oxygen atoms in total. The molecule has 0 amide bonds. The number of rotatable bonds is 4. The van der Waals surface area contributed by atoms with Crippen molar-refractivity contribution >= 4 is 36.6 Å². The first kappa shape index (κ1) is 21.0. The van der Waals surface area contributed by atoms with Crippen LogP contribution in [0.15, 0.2) is 84.9 Å². The van der Waals surface area contributed by atoms with Crippen molar-refractivity contribution in [2.45, 2.75) is 39.7 Å². The van der Waals surface area contributed by atoms with Gasteiger partial charge in [0.2, 0.25) is 0 Å². The summed E-state index contributed by atoms with van der Waals surface area (Å²) >= 11 is 0. The maximum absolute atomic E-state index is 13.0. The summed E-state index contributed by atoms with van der Waals surface area (Å²) in [6, 6.07) is 25.3. The minimum Gasteiger partial charge on any atom is -0.455 e. The first-order chi connectivity index (χ1) is 15.3. The molecule has 0 saturated heterocycles. The number of hydrogen-bond acceptors (Lipinski definition) is 2. The summed E-state index contributed by atoms with van der Waals surface area (Å²) in [5, 5.41) is 2.62. The normalized spacial score (nSPS) is 17.8. The summed E-state index contributed by atoms with van der Waals surface area (Å²) in [5.74, 6) is -0.0561. The number of hydrogen-bond donors (Lipinski definition) is 0. The van der Waals surface area contributed by atoms with Gasteiger partial charge >= 0.3 is 5.97 Å². The number of ether oxygens (including phenoxy) is 1. The zero-order valence-electron chi connectivity index (χ0n) is 19.1. The molecule has 1 atom stereocenters. The van der Waals surface area contributed by atoms with Gasteiger partial charge in [-0.15, -0.1) is 0 Å². The lowest BCUT2D eigenvalue weighted by atomic mass is 9.73. The Hall–Kier alpha value is -2.91. The molecule has 4 aromatic rings. The Balaban J connectivity index is 1.46. The first-order valence-electron chi connectivity index (χ1n) is 11.2. The molecule has 162 valence electrons. The van der Waals surface area contributed by atoms with Gasteiger partial charge < -0.3 is 4.74 Å². The van der Waals surface area contributed by atoms with E-state index in [1.807, 2.05) is 26.0 Å². The lowest BCUT2D eigenvalue weighted by molar-refractivity contribution is -0.0419. The third-order valence-corrected chi connectivity index (χ3v) is 9.08. The molecule has 0 N–H and O–H groups in total.